The van der Waals surface area contributed by atoms with Crippen LogP contribution in [0.5, 0.6) is 0 Å². The molecule has 0 aliphatic carbocycles. The SMILES string of the molecule is Cc1cc(C)cc(-n2nc(C)c(CC(C)N)c2C)c1. The summed E-state index contributed by atoms with van der Waals surface area (Å²) in [7, 11) is 0. The van der Waals surface area contributed by atoms with Gasteiger partial charge in [0.15, 0.2) is 0 Å². The normalized spacial score (nSPS) is 12.7. The molecule has 1 unspecified atom stereocenters. The lowest BCUT2D eigenvalue weighted by molar-refractivity contribution is 0.730. The minimum absolute atomic E-state index is 0.161. The van der Waals surface area contributed by atoms with Crippen molar-refractivity contribution in [2.45, 2.75) is 47.1 Å². The summed E-state index contributed by atoms with van der Waals surface area (Å²) in [6, 6.07) is 6.68. The van der Waals surface area contributed by atoms with Crippen molar-refractivity contribution in [2.24, 2.45) is 5.73 Å². The molecule has 0 saturated heterocycles. The average molecular weight is 257 g/mol. The van der Waals surface area contributed by atoms with Crippen LogP contribution in [0, 0.1) is 27.7 Å². The summed E-state index contributed by atoms with van der Waals surface area (Å²) < 4.78 is 2.03. The maximum atomic E-state index is 5.92. The number of aryl methyl sites for hydroxylation is 3. The zero-order valence-electron chi connectivity index (χ0n) is 12.5. The maximum absolute atomic E-state index is 5.92. The summed E-state index contributed by atoms with van der Waals surface area (Å²) in [5.41, 5.74) is 13.1. The molecule has 19 heavy (non-hydrogen) atoms. The number of hydrogen-bond donors (Lipinski definition) is 1. The Hall–Kier alpha value is -1.61. The van der Waals surface area contributed by atoms with Gasteiger partial charge in [0.2, 0.25) is 0 Å². The van der Waals surface area contributed by atoms with Crippen LogP contribution in [0.1, 0.15) is 35.0 Å². The van der Waals surface area contributed by atoms with Crippen LogP contribution in [-0.2, 0) is 6.42 Å². The van der Waals surface area contributed by atoms with E-state index in [-0.39, 0.29) is 6.04 Å². The van der Waals surface area contributed by atoms with Crippen molar-refractivity contribution in [3.05, 3.63) is 46.3 Å². The van der Waals surface area contributed by atoms with Crippen molar-refractivity contribution in [1.82, 2.24) is 9.78 Å². The third kappa shape index (κ3) is 2.87. The molecule has 3 heteroatoms. The van der Waals surface area contributed by atoms with Gasteiger partial charge in [0.1, 0.15) is 0 Å². The van der Waals surface area contributed by atoms with Gasteiger partial charge in [-0.3, -0.25) is 0 Å². The molecule has 0 fully saturated rings. The standard InChI is InChI=1S/C16H23N3/c1-10-6-11(2)8-15(7-10)19-14(5)16(9-12(3)17)13(4)18-19/h6-8,12H,9,17H2,1-5H3. The van der Waals surface area contributed by atoms with Crippen molar-refractivity contribution < 1.29 is 0 Å². The van der Waals surface area contributed by atoms with Gasteiger partial charge in [-0.25, -0.2) is 4.68 Å². The number of benzene rings is 1. The van der Waals surface area contributed by atoms with E-state index in [4.69, 9.17) is 5.73 Å². The Kier molecular flexibility index (Phi) is 3.76. The van der Waals surface area contributed by atoms with E-state index in [0.29, 0.717) is 0 Å². The predicted octanol–water partition coefficient (Wildman–Crippen LogP) is 3.00. The van der Waals surface area contributed by atoms with Crippen molar-refractivity contribution in [2.75, 3.05) is 0 Å². The highest BCUT2D eigenvalue weighted by Crippen LogP contribution is 2.20. The molecule has 0 aliphatic rings. The molecule has 0 aliphatic heterocycles. The number of nitrogens with zero attached hydrogens (tertiary/aromatic N) is 2. The molecule has 2 N–H and O–H groups in total. The van der Waals surface area contributed by atoms with E-state index in [9.17, 15) is 0 Å². The fourth-order valence-electron chi connectivity index (χ4n) is 2.62. The van der Waals surface area contributed by atoms with Gasteiger partial charge in [0.25, 0.3) is 0 Å². The van der Waals surface area contributed by atoms with Crippen LogP contribution in [0.2, 0.25) is 0 Å². The monoisotopic (exact) mass is 257 g/mol. The average Bonchev–Trinajstić information content (AvgIpc) is 2.55. The summed E-state index contributed by atoms with van der Waals surface area (Å²) in [5.74, 6) is 0. The van der Waals surface area contributed by atoms with Crippen molar-refractivity contribution in [3.63, 3.8) is 0 Å². The van der Waals surface area contributed by atoms with Crippen LogP contribution in [0.4, 0.5) is 0 Å². The van der Waals surface area contributed by atoms with E-state index in [1.165, 1.54) is 22.4 Å². The van der Waals surface area contributed by atoms with Gasteiger partial charge in [-0.15, -0.1) is 0 Å². The van der Waals surface area contributed by atoms with Crippen molar-refractivity contribution in [3.8, 4) is 5.69 Å². The first-order chi connectivity index (χ1) is 8.88. The van der Waals surface area contributed by atoms with E-state index in [0.717, 1.165) is 17.8 Å². The van der Waals surface area contributed by atoms with E-state index < -0.39 is 0 Å². The fraction of sp³-hybridized carbons (Fsp3) is 0.438. The van der Waals surface area contributed by atoms with Gasteiger partial charge in [-0.1, -0.05) is 6.07 Å². The molecule has 1 atom stereocenters. The molecule has 2 aromatic rings. The Labute approximate surface area is 115 Å². The smallest absolute Gasteiger partial charge is 0.0654 e. The number of rotatable bonds is 3. The Balaban J connectivity index is 2.51. The van der Waals surface area contributed by atoms with Gasteiger partial charge in [0.05, 0.1) is 11.4 Å². The molecule has 0 bridgehead atoms. The van der Waals surface area contributed by atoms with E-state index in [1.54, 1.807) is 0 Å². The van der Waals surface area contributed by atoms with Crippen LogP contribution in [0.25, 0.3) is 5.69 Å². The van der Waals surface area contributed by atoms with Crippen molar-refractivity contribution >= 4 is 0 Å². The Morgan fingerprint density at radius 3 is 2.21 bits per heavy atom. The summed E-state index contributed by atoms with van der Waals surface area (Å²) in [5, 5.41) is 4.68. The quantitative estimate of drug-likeness (QED) is 0.918. The van der Waals surface area contributed by atoms with Gasteiger partial charge >= 0.3 is 0 Å². The second-order valence-electron chi connectivity index (χ2n) is 5.59. The molecule has 0 saturated carbocycles. The summed E-state index contributed by atoms with van der Waals surface area (Å²) in [6.45, 7) is 10.4. The van der Waals surface area contributed by atoms with Crippen LogP contribution in [0.15, 0.2) is 18.2 Å². The van der Waals surface area contributed by atoms with Gasteiger partial charge in [-0.05, 0) is 69.9 Å². The summed E-state index contributed by atoms with van der Waals surface area (Å²) in [6.07, 6.45) is 0.877. The second-order valence-corrected chi connectivity index (χ2v) is 5.59. The van der Waals surface area contributed by atoms with Gasteiger partial charge < -0.3 is 5.73 Å². The molecule has 0 amide bonds. The lowest BCUT2D eigenvalue weighted by Gasteiger charge is -2.09. The first-order valence-corrected chi connectivity index (χ1v) is 6.78. The molecule has 0 spiro atoms. The molecule has 3 nitrogen and oxygen atoms in total. The first kappa shape index (κ1) is 13.8. The minimum Gasteiger partial charge on any atom is -0.328 e. The minimum atomic E-state index is 0.161. The highest BCUT2D eigenvalue weighted by molar-refractivity contribution is 5.42. The third-order valence-corrected chi connectivity index (χ3v) is 3.42. The molecule has 1 heterocycles. The molecule has 2 rings (SSSR count). The molecular weight excluding hydrogens is 234 g/mol. The zero-order chi connectivity index (χ0) is 14.2. The van der Waals surface area contributed by atoms with E-state index >= 15 is 0 Å². The Morgan fingerprint density at radius 1 is 1.11 bits per heavy atom. The lowest BCUT2D eigenvalue weighted by Crippen LogP contribution is -2.18. The third-order valence-electron chi connectivity index (χ3n) is 3.42. The maximum Gasteiger partial charge on any atom is 0.0654 e. The summed E-state index contributed by atoms with van der Waals surface area (Å²) in [4.78, 5) is 0. The van der Waals surface area contributed by atoms with E-state index in [2.05, 4.69) is 51.0 Å². The van der Waals surface area contributed by atoms with Crippen LogP contribution in [-0.4, -0.2) is 15.8 Å². The molecule has 0 radical (unpaired) electrons. The second kappa shape index (κ2) is 5.17. The predicted molar refractivity (Wildman–Crippen MR) is 79.9 cm³/mol. The molecular formula is C16H23N3. The molecule has 1 aromatic carbocycles. The lowest BCUT2D eigenvalue weighted by atomic mass is 10.1. The van der Waals surface area contributed by atoms with Gasteiger partial charge in [0, 0.05) is 11.7 Å². The van der Waals surface area contributed by atoms with Crippen LogP contribution >= 0.6 is 0 Å². The molecule has 102 valence electrons. The van der Waals surface area contributed by atoms with E-state index in [1.807, 2.05) is 11.6 Å². The van der Waals surface area contributed by atoms with Crippen LogP contribution < -0.4 is 5.73 Å². The highest BCUT2D eigenvalue weighted by Gasteiger charge is 2.14. The number of hydrogen-bond acceptors (Lipinski definition) is 2. The first-order valence-electron chi connectivity index (χ1n) is 6.78. The van der Waals surface area contributed by atoms with Crippen LogP contribution in [0.3, 0.4) is 0 Å². The van der Waals surface area contributed by atoms with Gasteiger partial charge in [-0.2, -0.15) is 5.10 Å². The topological polar surface area (TPSA) is 43.8 Å². The zero-order valence-corrected chi connectivity index (χ0v) is 12.5. The highest BCUT2D eigenvalue weighted by atomic mass is 15.3. The fourth-order valence-corrected chi connectivity index (χ4v) is 2.62. The Morgan fingerprint density at radius 2 is 1.68 bits per heavy atom. The number of aromatic nitrogens is 2. The van der Waals surface area contributed by atoms with Crippen molar-refractivity contribution in [1.29, 1.82) is 0 Å². The summed E-state index contributed by atoms with van der Waals surface area (Å²) >= 11 is 0. The largest absolute Gasteiger partial charge is 0.328 e. The number of nitrogens with two attached hydrogens (primary N) is 1. The Bertz CT molecular complexity index is 574. The molecule has 1 aromatic heterocycles.